The summed E-state index contributed by atoms with van der Waals surface area (Å²) in [6, 6.07) is 18.3. The van der Waals surface area contributed by atoms with E-state index >= 15 is 0 Å². The molecule has 3 rings (SSSR count). The Balaban J connectivity index is 1.91. The van der Waals surface area contributed by atoms with E-state index in [4.69, 9.17) is 0 Å². The highest BCUT2D eigenvalue weighted by atomic mass is 28.3. The van der Waals surface area contributed by atoms with E-state index < -0.39 is 8.07 Å². The van der Waals surface area contributed by atoms with E-state index in [9.17, 15) is 0 Å². The van der Waals surface area contributed by atoms with Gasteiger partial charge in [-0.3, -0.25) is 4.58 Å². The van der Waals surface area contributed by atoms with E-state index in [-0.39, 0.29) is 0 Å². The largest absolute Gasteiger partial charge is 0.255 e. The number of rotatable bonds is 3. The minimum absolute atomic E-state index is 1.16. The van der Waals surface area contributed by atoms with Crippen LogP contribution in [0.3, 0.4) is 0 Å². The van der Waals surface area contributed by atoms with Gasteiger partial charge in [0.1, 0.15) is 12.2 Å². The van der Waals surface area contributed by atoms with Gasteiger partial charge in [-0.05, 0) is 22.8 Å². The third-order valence-corrected chi connectivity index (χ3v) is 6.53. The molecular weight excluding hydrogens is 306 g/mol. The summed E-state index contributed by atoms with van der Waals surface area (Å²) < 4.78 is 2.03. The first-order valence-corrected chi connectivity index (χ1v) is 11.9. The van der Waals surface area contributed by atoms with Crippen LogP contribution in [0.15, 0.2) is 72.1 Å². The van der Waals surface area contributed by atoms with Crippen molar-refractivity contribution in [3.8, 4) is 11.1 Å². The van der Waals surface area contributed by atoms with E-state index in [1.54, 1.807) is 0 Å². The molecule has 0 spiro atoms. The lowest BCUT2D eigenvalue weighted by atomic mass is 9.95. The molecule has 2 heteroatoms. The van der Waals surface area contributed by atoms with Crippen molar-refractivity contribution in [1.82, 2.24) is 0 Å². The van der Waals surface area contributed by atoms with Gasteiger partial charge in [0, 0.05) is 0 Å². The Morgan fingerprint density at radius 1 is 0.958 bits per heavy atom. The van der Waals surface area contributed by atoms with Crippen molar-refractivity contribution in [2.45, 2.75) is 26.6 Å². The predicted molar refractivity (Wildman–Crippen MR) is 107 cm³/mol. The van der Waals surface area contributed by atoms with Crippen molar-refractivity contribution in [3.63, 3.8) is 0 Å². The smallest absolute Gasteiger partial charge is 0.147 e. The molecule has 24 heavy (non-hydrogen) atoms. The van der Waals surface area contributed by atoms with Gasteiger partial charge in [-0.1, -0.05) is 79.8 Å². The van der Waals surface area contributed by atoms with Gasteiger partial charge in [0.15, 0.2) is 0 Å². The minimum Gasteiger partial charge on any atom is -0.255 e. The summed E-state index contributed by atoms with van der Waals surface area (Å²) in [5.41, 5.74) is 5.02. The summed E-state index contributed by atoms with van der Waals surface area (Å²) in [6.45, 7) is 13.5. The van der Waals surface area contributed by atoms with Gasteiger partial charge in [-0.25, -0.2) is 0 Å². The highest BCUT2D eigenvalue weighted by Crippen LogP contribution is 2.30. The van der Waals surface area contributed by atoms with Gasteiger partial charge in [0.2, 0.25) is 0 Å². The Labute approximate surface area is 146 Å². The molecule has 0 fully saturated rings. The molecule has 0 radical (unpaired) electrons. The van der Waals surface area contributed by atoms with Gasteiger partial charge >= 0.3 is 0 Å². The van der Waals surface area contributed by atoms with Crippen LogP contribution in [0.2, 0.25) is 19.6 Å². The SMILES string of the molecule is C=[N+]1C=C([Si](C)(C)C)C=C[C-]1c1ccc(-c2ccccc2)cc1C. The normalized spacial score (nSPS) is 14.8. The van der Waals surface area contributed by atoms with Crippen molar-refractivity contribution in [3.05, 3.63) is 89.2 Å². The van der Waals surface area contributed by atoms with Crippen molar-refractivity contribution < 1.29 is 4.58 Å². The Morgan fingerprint density at radius 2 is 1.67 bits per heavy atom. The maximum absolute atomic E-state index is 4.23. The number of allylic oxidation sites excluding steroid dienone is 2. The second kappa shape index (κ2) is 6.29. The third-order valence-electron chi connectivity index (χ3n) is 4.50. The van der Waals surface area contributed by atoms with E-state index in [2.05, 4.69) is 100 Å². The number of hydrogen-bond acceptors (Lipinski definition) is 0. The van der Waals surface area contributed by atoms with Gasteiger partial charge in [0.05, 0.1) is 14.8 Å². The van der Waals surface area contributed by atoms with E-state index in [1.807, 2.05) is 4.58 Å². The van der Waals surface area contributed by atoms with Crippen molar-refractivity contribution in [2.24, 2.45) is 0 Å². The zero-order valence-electron chi connectivity index (χ0n) is 15.0. The first-order valence-electron chi connectivity index (χ1n) is 8.40. The highest BCUT2D eigenvalue weighted by Gasteiger charge is 2.24. The van der Waals surface area contributed by atoms with Crippen LogP contribution in [-0.2, 0) is 0 Å². The van der Waals surface area contributed by atoms with Crippen LogP contribution in [-0.4, -0.2) is 19.4 Å². The predicted octanol–water partition coefficient (Wildman–Crippen LogP) is 5.59. The molecule has 1 aliphatic rings. The number of hydrogen-bond donors (Lipinski definition) is 0. The molecule has 1 nitrogen and oxygen atoms in total. The zero-order valence-corrected chi connectivity index (χ0v) is 16.0. The quantitative estimate of drug-likeness (QED) is 0.392. The summed E-state index contributed by atoms with van der Waals surface area (Å²) >= 11 is 0. The molecule has 122 valence electrons. The maximum Gasteiger partial charge on any atom is 0.147 e. The van der Waals surface area contributed by atoms with Crippen molar-refractivity contribution >= 4 is 14.8 Å². The molecule has 0 saturated carbocycles. The summed E-state index contributed by atoms with van der Waals surface area (Å²) in [6.07, 6.45) is 6.69. The standard InChI is InChI=1S/C22H25NSi/c1-17-15-19(18-9-7-6-8-10-18)11-13-21(17)22-14-12-20(16-23(22)2)24(3,4)5/h6-16H,2H2,1,3-5H3. The van der Waals surface area contributed by atoms with E-state index in [1.165, 1.54) is 27.5 Å². The van der Waals surface area contributed by atoms with Crippen LogP contribution < -0.4 is 0 Å². The Hall–Kier alpha value is -2.32. The first-order chi connectivity index (χ1) is 11.4. The van der Waals surface area contributed by atoms with Gasteiger partial charge in [-0.2, -0.15) is 0 Å². The van der Waals surface area contributed by atoms with Crippen LogP contribution >= 0.6 is 0 Å². The van der Waals surface area contributed by atoms with E-state index in [0.29, 0.717) is 0 Å². The lowest BCUT2D eigenvalue weighted by Gasteiger charge is -2.26. The summed E-state index contributed by atoms with van der Waals surface area (Å²) in [5, 5.41) is 1.43. The molecule has 0 aromatic heterocycles. The Kier molecular flexibility index (Phi) is 4.33. The molecule has 0 saturated heterocycles. The highest BCUT2D eigenvalue weighted by molar-refractivity contribution is 6.83. The Bertz CT molecular complexity index is 823. The molecule has 0 atom stereocenters. The molecule has 2 aromatic rings. The van der Waals surface area contributed by atoms with Crippen LogP contribution in [0.1, 0.15) is 11.1 Å². The lowest BCUT2D eigenvalue weighted by Crippen LogP contribution is -2.27. The van der Waals surface area contributed by atoms with Crippen LogP contribution in [0.25, 0.3) is 11.1 Å². The van der Waals surface area contributed by atoms with Gasteiger partial charge < -0.3 is 0 Å². The minimum atomic E-state index is -1.32. The van der Waals surface area contributed by atoms with Crippen LogP contribution in [0.4, 0.5) is 0 Å². The molecule has 0 bridgehead atoms. The summed E-state index contributed by atoms with van der Waals surface area (Å²) in [7, 11) is -1.32. The molecule has 1 aliphatic heterocycles. The van der Waals surface area contributed by atoms with Crippen LogP contribution in [0, 0.1) is 13.0 Å². The van der Waals surface area contributed by atoms with Crippen LogP contribution in [0.5, 0.6) is 0 Å². The molecule has 1 heterocycles. The topological polar surface area (TPSA) is 3.01 Å². The number of benzene rings is 2. The van der Waals surface area contributed by atoms with Gasteiger partial charge in [0.25, 0.3) is 0 Å². The second-order valence-electron chi connectivity index (χ2n) is 7.42. The fourth-order valence-corrected chi connectivity index (χ4v) is 4.12. The monoisotopic (exact) mass is 331 g/mol. The fourth-order valence-electron chi connectivity index (χ4n) is 2.99. The van der Waals surface area contributed by atoms with E-state index in [0.717, 1.165) is 6.04 Å². The number of aryl methyl sites for hydroxylation is 1. The molecule has 2 aromatic carbocycles. The first kappa shape index (κ1) is 16.5. The second-order valence-corrected chi connectivity index (χ2v) is 12.5. The Morgan fingerprint density at radius 3 is 2.25 bits per heavy atom. The molecular formula is C22H25NSi. The average Bonchev–Trinajstić information content (AvgIpc) is 2.55. The molecule has 0 amide bonds. The molecule has 0 unspecified atom stereocenters. The van der Waals surface area contributed by atoms with Crippen molar-refractivity contribution in [1.29, 1.82) is 0 Å². The van der Waals surface area contributed by atoms with Crippen molar-refractivity contribution in [2.75, 3.05) is 0 Å². The third kappa shape index (κ3) is 3.29. The lowest BCUT2D eigenvalue weighted by molar-refractivity contribution is -0.418. The molecule has 0 N–H and O–H groups in total. The summed E-state index contributed by atoms with van der Waals surface area (Å²) in [5.74, 6) is 0. The zero-order chi connectivity index (χ0) is 17.3. The fraction of sp³-hybridized carbons (Fsp3) is 0.182. The summed E-state index contributed by atoms with van der Waals surface area (Å²) in [4.78, 5) is 0. The molecule has 0 aliphatic carbocycles. The average molecular weight is 332 g/mol. The maximum atomic E-state index is 4.23. The number of nitrogens with zero attached hydrogens (tertiary/aromatic N) is 1. The van der Waals surface area contributed by atoms with Gasteiger partial charge in [-0.15, -0.1) is 12.1 Å².